The van der Waals surface area contributed by atoms with Crippen molar-refractivity contribution in [1.29, 1.82) is 0 Å². The molecular weight excluding hydrogens is 244 g/mol. The molecule has 3 nitrogen and oxygen atoms in total. The maximum Gasteiger partial charge on any atom is 0.263 e. The highest BCUT2D eigenvalue weighted by Gasteiger charge is 2.28. The van der Waals surface area contributed by atoms with Crippen LogP contribution < -0.4 is 0 Å². The molecule has 2 aliphatic rings. The van der Waals surface area contributed by atoms with Gasteiger partial charge in [0.1, 0.15) is 0 Å². The molecule has 2 saturated heterocycles. The van der Waals surface area contributed by atoms with Crippen LogP contribution >= 0.6 is 11.3 Å². The molecule has 3 heterocycles. The highest BCUT2D eigenvalue weighted by molar-refractivity contribution is 7.12. The van der Waals surface area contributed by atoms with E-state index < -0.39 is 0 Å². The average molecular weight is 264 g/mol. The SMILES string of the molecule is O=C(c1cccs1)N1CCC(N2CCCC2)CC1. The van der Waals surface area contributed by atoms with Crippen LogP contribution in [-0.2, 0) is 0 Å². The van der Waals surface area contributed by atoms with Crippen molar-refractivity contribution in [3.8, 4) is 0 Å². The van der Waals surface area contributed by atoms with Gasteiger partial charge in [0.05, 0.1) is 4.88 Å². The molecule has 0 N–H and O–H groups in total. The minimum Gasteiger partial charge on any atom is -0.338 e. The first-order valence-electron chi connectivity index (χ1n) is 6.91. The molecule has 0 saturated carbocycles. The maximum absolute atomic E-state index is 12.2. The summed E-state index contributed by atoms with van der Waals surface area (Å²) in [6.07, 6.45) is 5.01. The molecule has 98 valence electrons. The van der Waals surface area contributed by atoms with Crippen LogP contribution in [0.1, 0.15) is 35.4 Å². The average Bonchev–Trinajstić information content (AvgIpc) is 3.11. The Morgan fingerprint density at radius 2 is 1.89 bits per heavy atom. The van der Waals surface area contributed by atoms with Gasteiger partial charge in [-0.3, -0.25) is 4.79 Å². The molecule has 0 radical (unpaired) electrons. The molecule has 4 heteroatoms. The normalized spacial score (nSPS) is 22.6. The largest absolute Gasteiger partial charge is 0.338 e. The van der Waals surface area contributed by atoms with Crippen molar-refractivity contribution in [1.82, 2.24) is 9.80 Å². The number of nitrogens with zero attached hydrogens (tertiary/aromatic N) is 2. The van der Waals surface area contributed by atoms with Gasteiger partial charge in [0.2, 0.25) is 0 Å². The van der Waals surface area contributed by atoms with E-state index in [2.05, 4.69) is 4.90 Å². The second-order valence-corrected chi connectivity index (χ2v) is 6.19. The second-order valence-electron chi connectivity index (χ2n) is 5.24. The van der Waals surface area contributed by atoms with Crippen molar-refractivity contribution >= 4 is 17.2 Å². The summed E-state index contributed by atoms with van der Waals surface area (Å²) in [5.41, 5.74) is 0. The first kappa shape index (κ1) is 12.2. The lowest BCUT2D eigenvalue weighted by Crippen LogP contribution is -2.45. The van der Waals surface area contributed by atoms with Gasteiger partial charge in [0.15, 0.2) is 0 Å². The number of carbonyl (C=O) groups is 1. The molecule has 1 amide bonds. The predicted molar refractivity (Wildman–Crippen MR) is 74.1 cm³/mol. The van der Waals surface area contributed by atoms with Crippen molar-refractivity contribution in [3.05, 3.63) is 22.4 Å². The lowest BCUT2D eigenvalue weighted by Gasteiger charge is -2.36. The highest BCUT2D eigenvalue weighted by atomic mass is 32.1. The van der Waals surface area contributed by atoms with Crippen LogP contribution in [0.4, 0.5) is 0 Å². The zero-order valence-electron chi connectivity index (χ0n) is 10.7. The van der Waals surface area contributed by atoms with Crippen LogP contribution in [0.15, 0.2) is 17.5 Å². The van der Waals surface area contributed by atoms with Crippen molar-refractivity contribution in [2.45, 2.75) is 31.7 Å². The van der Waals surface area contributed by atoms with E-state index >= 15 is 0 Å². The van der Waals surface area contributed by atoms with E-state index in [1.54, 1.807) is 11.3 Å². The van der Waals surface area contributed by atoms with Gasteiger partial charge in [-0.2, -0.15) is 0 Å². The number of rotatable bonds is 2. The quantitative estimate of drug-likeness (QED) is 0.819. The fourth-order valence-electron chi connectivity index (χ4n) is 3.10. The summed E-state index contributed by atoms with van der Waals surface area (Å²) < 4.78 is 0. The van der Waals surface area contributed by atoms with Gasteiger partial charge in [0.25, 0.3) is 5.91 Å². The minimum atomic E-state index is 0.227. The Labute approximate surface area is 112 Å². The molecule has 2 fully saturated rings. The zero-order valence-corrected chi connectivity index (χ0v) is 11.5. The number of hydrogen-bond acceptors (Lipinski definition) is 3. The molecule has 0 bridgehead atoms. The zero-order chi connectivity index (χ0) is 12.4. The minimum absolute atomic E-state index is 0.227. The Kier molecular flexibility index (Phi) is 3.66. The lowest BCUT2D eigenvalue weighted by molar-refractivity contribution is 0.0649. The number of hydrogen-bond donors (Lipinski definition) is 0. The fourth-order valence-corrected chi connectivity index (χ4v) is 3.79. The molecule has 0 atom stereocenters. The number of likely N-dealkylation sites (tertiary alicyclic amines) is 2. The molecular formula is C14H20N2OS. The van der Waals surface area contributed by atoms with Crippen LogP contribution in [0, 0.1) is 0 Å². The maximum atomic E-state index is 12.2. The highest BCUT2D eigenvalue weighted by Crippen LogP contribution is 2.22. The first-order chi connectivity index (χ1) is 8.84. The summed E-state index contributed by atoms with van der Waals surface area (Å²) in [4.78, 5) is 17.7. The van der Waals surface area contributed by atoms with Crippen LogP contribution in [-0.4, -0.2) is 47.9 Å². The smallest absolute Gasteiger partial charge is 0.263 e. The van der Waals surface area contributed by atoms with Crippen LogP contribution in [0.2, 0.25) is 0 Å². The van der Waals surface area contributed by atoms with Gasteiger partial charge in [0, 0.05) is 19.1 Å². The Balaban J connectivity index is 1.55. The molecule has 1 aromatic rings. The van der Waals surface area contributed by atoms with Gasteiger partial charge in [-0.05, 0) is 50.2 Å². The van der Waals surface area contributed by atoms with E-state index in [4.69, 9.17) is 0 Å². The van der Waals surface area contributed by atoms with Crippen molar-refractivity contribution < 1.29 is 4.79 Å². The molecule has 0 spiro atoms. The Morgan fingerprint density at radius 3 is 2.50 bits per heavy atom. The molecule has 2 aliphatic heterocycles. The van der Waals surface area contributed by atoms with E-state index in [9.17, 15) is 4.79 Å². The molecule has 3 rings (SSSR count). The Bertz CT molecular complexity index is 390. The van der Waals surface area contributed by atoms with Crippen LogP contribution in [0.3, 0.4) is 0 Å². The van der Waals surface area contributed by atoms with E-state index in [1.165, 1.54) is 25.9 Å². The molecule has 0 aliphatic carbocycles. The van der Waals surface area contributed by atoms with Crippen LogP contribution in [0.5, 0.6) is 0 Å². The standard InChI is InChI=1S/C14H20N2OS/c17-14(13-4-3-11-18-13)16-9-5-12(6-10-16)15-7-1-2-8-15/h3-4,11-12H,1-2,5-10H2. The summed E-state index contributed by atoms with van der Waals surface area (Å²) in [6.45, 7) is 4.39. The van der Waals surface area contributed by atoms with Crippen molar-refractivity contribution in [3.63, 3.8) is 0 Å². The van der Waals surface area contributed by atoms with Gasteiger partial charge < -0.3 is 9.80 Å². The molecule has 0 aromatic carbocycles. The summed E-state index contributed by atoms with van der Waals surface area (Å²) >= 11 is 1.55. The van der Waals surface area contributed by atoms with Crippen LogP contribution in [0.25, 0.3) is 0 Å². The second kappa shape index (κ2) is 5.41. The summed E-state index contributed by atoms with van der Waals surface area (Å²) in [6, 6.07) is 4.61. The summed E-state index contributed by atoms with van der Waals surface area (Å²) in [5, 5.41) is 1.98. The van der Waals surface area contributed by atoms with Gasteiger partial charge in [-0.15, -0.1) is 11.3 Å². The van der Waals surface area contributed by atoms with E-state index in [-0.39, 0.29) is 5.91 Å². The number of thiophene rings is 1. The summed E-state index contributed by atoms with van der Waals surface area (Å²) in [5.74, 6) is 0.227. The third-order valence-electron chi connectivity index (χ3n) is 4.14. The van der Waals surface area contributed by atoms with Crippen molar-refractivity contribution in [2.24, 2.45) is 0 Å². The first-order valence-corrected chi connectivity index (χ1v) is 7.79. The van der Waals surface area contributed by atoms with E-state index in [0.717, 1.165) is 36.9 Å². The third-order valence-corrected chi connectivity index (χ3v) is 5.00. The number of amides is 1. The van der Waals surface area contributed by atoms with Crippen molar-refractivity contribution in [2.75, 3.05) is 26.2 Å². The summed E-state index contributed by atoms with van der Waals surface area (Å²) in [7, 11) is 0. The predicted octanol–water partition coefficient (Wildman–Crippen LogP) is 2.45. The fraction of sp³-hybridized carbons (Fsp3) is 0.643. The molecule has 0 unspecified atom stereocenters. The van der Waals surface area contributed by atoms with Gasteiger partial charge in [-0.1, -0.05) is 6.07 Å². The third kappa shape index (κ3) is 2.45. The Hall–Kier alpha value is -0.870. The number of carbonyl (C=O) groups excluding carboxylic acids is 1. The Morgan fingerprint density at radius 1 is 1.17 bits per heavy atom. The van der Waals surface area contributed by atoms with E-state index in [1.807, 2.05) is 22.4 Å². The monoisotopic (exact) mass is 264 g/mol. The van der Waals surface area contributed by atoms with Gasteiger partial charge >= 0.3 is 0 Å². The molecule has 1 aromatic heterocycles. The lowest BCUT2D eigenvalue weighted by atomic mass is 10.0. The van der Waals surface area contributed by atoms with Gasteiger partial charge in [-0.25, -0.2) is 0 Å². The van der Waals surface area contributed by atoms with E-state index in [0.29, 0.717) is 0 Å². The topological polar surface area (TPSA) is 23.6 Å². The molecule has 18 heavy (non-hydrogen) atoms. The number of piperidine rings is 1.